The average molecular weight is 273 g/mol. The highest BCUT2D eigenvalue weighted by molar-refractivity contribution is 7.89. The Morgan fingerprint density at radius 2 is 2.28 bits per heavy atom. The number of rotatable bonds is 6. The predicted molar refractivity (Wildman–Crippen MR) is 62.8 cm³/mol. The lowest BCUT2D eigenvalue weighted by atomic mass is 10.2. The lowest BCUT2D eigenvalue weighted by Gasteiger charge is -2.02. The van der Waals surface area contributed by atoms with Gasteiger partial charge in [-0.05, 0) is 30.9 Å². The number of nitrogens with one attached hydrogen (secondary N) is 1. The van der Waals surface area contributed by atoms with Crippen LogP contribution in [0.2, 0.25) is 0 Å². The normalized spacial score (nSPS) is 22.9. The number of carbonyl (C=O) groups is 1. The zero-order valence-corrected chi connectivity index (χ0v) is 10.7. The largest absolute Gasteiger partial charge is 0.475 e. The molecule has 0 aliphatic heterocycles. The van der Waals surface area contributed by atoms with Crippen LogP contribution >= 0.6 is 0 Å². The Hall–Kier alpha value is -1.34. The van der Waals surface area contributed by atoms with E-state index in [-0.39, 0.29) is 16.9 Å². The van der Waals surface area contributed by atoms with Crippen LogP contribution in [0.5, 0.6) is 0 Å². The zero-order chi connectivity index (χ0) is 13.3. The Labute approximate surface area is 105 Å². The minimum absolute atomic E-state index is 0.0478. The maximum absolute atomic E-state index is 11.9. The second kappa shape index (κ2) is 4.74. The van der Waals surface area contributed by atoms with E-state index in [4.69, 9.17) is 9.52 Å². The first-order chi connectivity index (χ1) is 8.44. The zero-order valence-electron chi connectivity index (χ0n) is 9.92. The molecule has 1 aromatic rings. The summed E-state index contributed by atoms with van der Waals surface area (Å²) < 4.78 is 31.0. The van der Waals surface area contributed by atoms with Gasteiger partial charge in [-0.3, -0.25) is 0 Å². The van der Waals surface area contributed by atoms with Crippen molar-refractivity contribution in [3.05, 3.63) is 17.9 Å². The lowest BCUT2D eigenvalue weighted by molar-refractivity contribution is 0.0656. The van der Waals surface area contributed by atoms with Gasteiger partial charge in [0.2, 0.25) is 10.9 Å². The molecule has 1 aliphatic rings. The first-order valence-electron chi connectivity index (χ1n) is 5.79. The van der Waals surface area contributed by atoms with Crippen LogP contribution in [0.25, 0.3) is 0 Å². The predicted octanol–water partition coefficient (Wildman–Crippen LogP) is 1.44. The van der Waals surface area contributed by atoms with Crippen molar-refractivity contribution in [1.82, 2.24) is 4.72 Å². The van der Waals surface area contributed by atoms with E-state index in [0.29, 0.717) is 5.92 Å². The molecule has 1 fully saturated rings. The van der Waals surface area contributed by atoms with Crippen molar-refractivity contribution < 1.29 is 22.7 Å². The highest BCUT2D eigenvalue weighted by Crippen LogP contribution is 2.35. The summed E-state index contributed by atoms with van der Waals surface area (Å²) in [5.74, 6) is -1.28. The fraction of sp³-hybridized carbons (Fsp3) is 0.545. The maximum Gasteiger partial charge on any atom is 0.371 e. The second-order valence-electron chi connectivity index (χ2n) is 4.44. The molecule has 1 aliphatic carbocycles. The summed E-state index contributed by atoms with van der Waals surface area (Å²) in [6, 6.07) is 2.24. The summed E-state index contributed by atoms with van der Waals surface area (Å²) in [5, 5.41) is 8.32. The number of hydrogen-bond donors (Lipinski definition) is 2. The summed E-state index contributed by atoms with van der Waals surface area (Å²) in [4.78, 5) is 10.6. The van der Waals surface area contributed by atoms with Gasteiger partial charge in [-0.15, -0.1) is 0 Å². The maximum atomic E-state index is 11.9. The quantitative estimate of drug-likeness (QED) is 0.817. The van der Waals surface area contributed by atoms with E-state index in [2.05, 4.69) is 11.6 Å². The van der Waals surface area contributed by atoms with Crippen LogP contribution in [0.4, 0.5) is 0 Å². The van der Waals surface area contributed by atoms with Gasteiger partial charge in [0.15, 0.2) is 0 Å². The Morgan fingerprint density at radius 3 is 2.83 bits per heavy atom. The lowest BCUT2D eigenvalue weighted by Crippen LogP contribution is -2.26. The molecule has 1 saturated carbocycles. The third-order valence-electron chi connectivity index (χ3n) is 2.95. The molecule has 100 valence electrons. The molecular formula is C11H15NO5S. The van der Waals surface area contributed by atoms with Gasteiger partial charge in [0.1, 0.15) is 0 Å². The molecule has 0 amide bonds. The van der Waals surface area contributed by atoms with Crippen LogP contribution in [-0.2, 0) is 10.0 Å². The Balaban J connectivity index is 2.04. The van der Waals surface area contributed by atoms with Crippen LogP contribution in [0, 0.1) is 5.92 Å². The fourth-order valence-electron chi connectivity index (χ4n) is 1.92. The number of carboxylic acid groups (broad SMARTS) is 1. The van der Waals surface area contributed by atoms with Gasteiger partial charge in [0.05, 0.1) is 0 Å². The summed E-state index contributed by atoms with van der Waals surface area (Å²) in [7, 11) is -3.74. The third-order valence-corrected chi connectivity index (χ3v) is 4.31. The van der Waals surface area contributed by atoms with Crippen LogP contribution in [0.15, 0.2) is 21.6 Å². The van der Waals surface area contributed by atoms with E-state index in [0.717, 1.165) is 31.4 Å². The van der Waals surface area contributed by atoms with E-state index in [9.17, 15) is 13.2 Å². The molecule has 2 N–H and O–H groups in total. The van der Waals surface area contributed by atoms with E-state index in [1.54, 1.807) is 0 Å². The molecule has 0 spiro atoms. The van der Waals surface area contributed by atoms with E-state index >= 15 is 0 Å². The topological polar surface area (TPSA) is 96.6 Å². The van der Waals surface area contributed by atoms with Gasteiger partial charge in [0, 0.05) is 6.04 Å². The van der Waals surface area contributed by atoms with Crippen LogP contribution in [-0.4, -0.2) is 25.5 Å². The Bertz CT molecular complexity index is 548. The molecule has 2 rings (SSSR count). The molecule has 0 bridgehead atoms. The van der Waals surface area contributed by atoms with Crippen LogP contribution < -0.4 is 4.72 Å². The Kier molecular flexibility index (Phi) is 3.45. The van der Waals surface area contributed by atoms with E-state index in [1.807, 2.05) is 0 Å². The fourth-order valence-corrected chi connectivity index (χ4v) is 3.17. The van der Waals surface area contributed by atoms with E-state index in [1.165, 1.54) is 0 Å². The second-order valence-corrected chi connectivity index (χ2v) is 6.08. The highest BCUT2D eigenvalue weighted by atomic mass is 32.2. The minimum Gasteiger partial charge on any atom is -0.475 e. The summed E-state index contributed by atoms with van der Waals surface area (Å²) in [6.45, 7) is 2.05. The monoisotopic (exact) mass is 273 g/mol. The molecule has 6 nitrogen and oxygen atoms in total. The van der Waals surface area contributed by atoms with Crippen molar-refractivity contribution in [2.45, 2.75) is 37.3 Å². The molecule has 1 aromatic heterocycles. The standard InChI is InChI=1S/C11H15NO5S/c1-2-3-7-6-8(7)12-18(15,16)10-5-4-9(17-10)11(13)14/h4-5,7-8,12H,2-3,6H2,1H3,(H,13,14). The SMILES string of the molecule is CCCC1CC1NS(=O)(=O)c1ccc(C(=O)O)o1. The Morgan fingerprint density at radius 1 is 1.56 bits per heavy atom. The van der Waals surface area contributed by atoms with Gasteiger partial charge < -0.3 is 9.52 Å². The molecule has 7 heteroatoms. The van der Waals surface area contributed by atoms with Crippen molar-refractivity contribution in [2.75, 3.05) is 0 Å². The number of carboxylic acids is 1. The molecule has 0 radical (unpaired) electrons. The smallest absolute Gasteiger partial charge is 0.371 e. The van der Waals surface area contributed by atoms with Crippen molar-refractivity contribution in [3.8, 4) is 0 Å². The number of hydrogen-bond acceptors (Lipinski definition) is 4. The molecule has 18 heavy (non-hydrogen) atoms. The number of furan rings is 1. The van der Waals surface area contributed by atoms with E-state index < -0.39 is 16.0 Å². The first-order valence-corrected chi connectivity index (χ1v) is 7.28. The summed E-state index contributed by atoms with van der Waals surface area (Å²) in [6.07, 6.45) is 2.85. The van der Waals surface area contributed by atoms with Gasteiger partial charge in [0.25, 0.3) is 10.0 Å². The van der Waals surface area contributed by atoms with Crippen molar-refractivity contribution in [3.63, 3.8) is 0 Å². The minimum atomic E-state index is -3.74. The molecule has 0 saturated heterocycles. The molecule has 2 unspecified atom stereocenters. The highest BCUT2D eigenvalue weighted by Gasteiger charge is 2.40. The summed E-state index contributed by atoms with van der Waals surface area (Å²) in [5.41, 5.74) is 0. The molecule has 1 heterocycles. The van der Waals surface area contributed by atoms with Crippen molar-refractivity contribution >= 4 is 16.0 Å². The number of sulfonamides is 1. The van der Waals surface area contributed by atoms with Crippen molar-refractivity contribution in [1.29, 1.82) is 0 Å². The van der Waals surface area contributed by atoms with Crippen LogP contribution in [0.3, 0.4) is 0 Å². The molecular weight excluding hydrogens is 258 g/mol. The molecule has 0 aromatic carbocycles. The number of aromatic carboxylic acids is 1. The molecule has 2 atom stereocenters. The van der Waals surface area contributed by atoms with Crippen LogP contribution in [0.1, 0.15) is 36.7 Å². The average Bonchev–Trinajstić information content (AvgIpc) is 2.83. The summed E-state index contributed by atoms with van der Waals surface area (Å²) >= 11 is 0. The third kappa shape index (κ3) is 2.73. The van der Waals surface area contributed by atoms with Gasteiger partial charge >= 0.3 is 5.97 Å². The van der Waals surface area contributed by atoms with Gasteiger partial charge in [-0.25, -0.2) is 17.9 Å². The first kappa shape index (κ1) is 13.1. The van der Waals surface area contributed by atoms with Crippen molar-refractivity contribution in [2.24, 2.45) is 5.92 Å². The van der Waals surface area contributed by atoms with Gasteiger partial charge in [-0.1, -0.05) is 13.3 Å². The van der Waals surface area contributed by atoms with Gasteiger partial charge in [-0.2, -0.15) is 0 Å².